The lowest BCUT2D eigenvalue weighted by Crippen LogP contribution is -2.46. The number of hydrogen-bond donors (Lipinski definition) is 0. The first-order valence-corrected chi connectivity index (χ1v) is 13.5. The van der Waals surface area contributed by atoms with Crippen LogP contribution in [0.5, 0.6) is 11.5 Å². The first-order chi connectivity index (χ1) is 15.4. The summed E-state index contributed by atoms with van der Waals surface area (Å²) in [4.78, 5) is 16.8. The molecule has 1 atom stereocenters. The fourth-order valence-electron chi connectivity index (χ4n) is 4.84. The number of fused-ring (bicyclic) bond motifs is 2. The maximum Gasteiger partial charge on any atom is 0.243 e. The van der Waals surface area contributed by atoms with E-state index in [4.69, 9.17) is 9.47 Å². The number of carbonyl (C=O) groups is 1. The second-order valence-corrected chi connectivity index (χ2v) is 11.5. The molecule has 32 heavy (non-hydrogen) atoms. The highest BCUT2D eigenvalue weighted by Crippen LogP contribution is 2.36. The van der Waals surface area contributed by atoms with E-state index in [-0.39, 0.29) is 22.8 Å². The van der Waals surface area contributed by atoms with Gasteiger partial charge in [0.05, 0.1) is 24.2 Å². The highest BCUT2D eigenvalue weighted by atomic mass is 32.2. The molecule has 1 aromatic carbocycles. The summed E-state index contributed by atoms with van der Waals surface area (Å²) in [6.07, 6.45) is 2.76. The molecule has 0 unspecified atom stereocenters. The summed E-state index contributed by atoms with van der Waals surface area (Å²) < 4.78 is 39.2. The Morgan fingerprint density at radius 2 is 1.81 bits per heavy atom. The number of rotatable bonds is 3. The summed E-state index contributed by atoms with van der Waals surface area (Å²) in [6, 6.07) is 7.00. The lowest BCUT2D eigenvalue weighted by molar-refractivity contribution is -0.139. The summed E-state index contributed by atoms with van der Waals surface area (Å²) in [5, 5.41) is 2.10. The zero-order chi connectivity index (χ0) is 22.3. The molecule has 4 heterocycles. The third kappa shape index (κ3) is 3.91. The largest absolute Gasteiger partial charge is 0.490 e. The fraction of sp³-hybridized carbons (Fsp3) is 0.522. The van der Waals surface area contributed by atoms with Crippen LogP contribution in [0.4, 0.5) is 0 Å². The Morgan fingerprint density at radius 1 is 1.06 bits per heavy atom. The van der Waals surface area contributed by atoms with E-state index in [0.29, 0.717) is 50.6 Å². The molecule has 1 fully saturated rings. The third-order valence-corrected chi connectivity index (χ3v) is 9.61. The van der Waals surface area contributed by atoms with Crippen molar-refractivity contribution in [2.75, 3.05) is 32.8 Å². The highest BCUT2D eigenvalue weighted by molar-refractivity contribution is 7.89. The second kappa shape index (κ2) is 8.68. The van der Waals surface area contributed by atoms with Crippen molar-refractivity contribution in [1.29, 1.82) is 0 Å². The van der Waals surface area contributed by atoms with E-state index in [1.165, 1.54) is 14.7 Å². The molecule has 0 radical (unpaired) electrons. The van der Waals surface area contributed by atoms with Crippen molar-refractivity contribution in [3.05, 3.63) is 40.1 Å². The van der Waals surface area contributed by atoms with Crippen LogP contribution in [0.15, 0.2) is 34.5 Å². The Morgan fingerprint density at radius 3 is 2.59 bits per heavy atom. The van der Waals surface area contributed by atoms with E-state index in [9.17, 15) is 13.2 Å². The zero-order valence-electron chi connectivity index (χ0n) is 18.2. The molecule has 2 aromatic rings. The molecule has 5 rings (SSSR count). The van der Waals surface area contributed by atoms with Gasteiger partial charge in [0.2, 0.25) is 15.9 Å². The van der Waals surface area contributed by atoms with Gasteiger partial charge < -0.3 is 14.4 Å². The number of carbonyl (C=O) groups excluding carboxylic acids is 1. The summed E-state index contributed by atoms with van der Waals surface area (Å²) in [5.41, 5.74) is 1.25. The molecule has 0 aliphatic carbocycles. The molecule has 0 bridgehead atoms. The Balaban J connectivity index is 1.25. The lowest BCUT2D eigenvalue weighted by Gasteiger charge is -2.38. The summed E-state index contributed by atoms with van der Waals surface area (Å²) >= 11 is 1.76. The summed E-state index contributed by atoms with van der Waals surface area (Å²) in [7, 11) is -3.65. The van der Waals surface area contributed by atoms with Gasteiger partial charge in [-0.3, -0.25) is 4.79 Å². The van der Waals surface area contributed by atoms with E-state index >= 15 is 0 Å². The molecular formula is C23H28N2O5S2. The molecule has 172 valence electrons. The van der Waals surface area contributed by atoms with Gasteiger partial charge in [0.25, 0.3) is 0 Å². The number of amides is 1. The maximum atomic E-state index is 13.2. The third-order valence-electron chi connectivity index (χ3n) is 6.72. The van der Waals surface area contributed by atoms with Crippen LogP contribution in [-0.4, -0.2) is 56.4 Å². The molecule has 3 aliphatic rings. The minimum Gasteiger partial charge on any atom is -0.490 e. The van der Waals surface area contributed by atoms with Crippen LogP contribution >= 0.6 is 11.3 Å². The van der Waals surface area contributed by atoms with Crippen molar-refractivity contribution in [2.45, 2.75) is 43.5 Å². The van der Waals surface area contributed by atoms with Crippen molar-refractivity contribution in [1.82, 2.24) is 9.21 Å². The number of nitrogens with zero attached hydrogens (tertiary/aromatic N) is 2. The first kappa shape index (κ1) is 21.7. The zero-order valence-corrected chi connectivity index (χ0v) is 19.8. The molecule has 1 amide bonds. The standard InChI is InChI=1S/C23H28N2O5S2/c1-16-19-8-14-31-22(19)7-11-25(16)23(26)17-5-9-24(10-6-17)32(27,28)18-3-4-20-21(15-18)30-13-2-12-29-20/h3-4,8,14-17H,2,5-7,9-13H2,1H3/t16-/m1/s1. The highest BCUT2D eigenvalue weighted by Gasteiger charge is 2.37. The Labute approximate surface area is 193 Å². The normalized spacial score (nSPS) is 22.3. The smallest absolute Gasteiger partial charge is 0.243 e. The van der Waals surface area contributed by atoms with E-state index in [1.54, 1.807) is 29.5 Å². The van der Waals surface area contributed by atoms with Gasteiger partial charge in [-0.25, -0.2) is 8.42 Å². The molecule has 1 saturated heterocycles. The molecule has 7 nitrogen and oxygen atoms in total. The molecule has 3 aliphatic heterocycles. The molecule has 0 N–H and O–H groups in total. The number of ether oxygens (including phenoxy) is 2. The van der Waals surface area contributed by atoms with Crippen LogP contribution in [0.2, 0.25) is 0 Å². The molecular weight excluding hydrogens is 448 g/mol. The van der Waals surface area contributed by atoms with Gasteiger partial charge in [-0.05, 0) is 55.3 Å². The minimum atomic E-state index is -3.65. The SMILES string of the molecule is C[C@@H]1c2ccsc2CCN1C(=O)C1CCN(S(=O)(=O)c2ccc3c(c2)OCCCO3)CC1. The summed E-state index contributed by atoms with van der Waals surface area (Å²) in [6.45, 7) is 4.59. The van der Waals surface area contributed by atoms with Gasteiger partial charge in [0, 0.05) is 42.9 Å². The maximum absolute atomic E-state index is 13.2. The topological polar surface area (TPSA) is 76.2 Å². The average Bonchev–Trinajstić information content (AvgIpc) is 3.17. The Kier molecular flexibility index (Phi) is 5.90. The number of thiophene rings is 1. The van der Waals surface area contributed by atoms with Gasteiger partial charge in [-0.15, -0.1) is 11.3 Å². The van der Waals surface area contributed by atoms with Gasteiger partial charge in [-0.2, -0.15) is 4.31 Å². The van der Waals surface area contributed by atoms with Crippen molar-refractivity contribution in [3.8, 4) is 11.5 Å². The average molecular weight is 477 g/mol. The quantitative estimate of drug-likeness (QED) is 0.678. The van der Waals surface area contributed by atoms with Crippen molar-refractivity contribution in [2.24, 2.45) is 5.92 Å². The van der Waals surface area contributed by atoms with E-state index in [1.807, 2.05) is 4.90 Å². The van der Waals surface area contributed by atoms with Gasteiger partial charge >= 0.3 is 0 Å². The Bertz CT molecular complexity index is 1110. The van der Waals surface area contributed by atoms with Crippen LogP contribution in [0, 0.1) is 5.92 Å². The lowest BCUT2D eigenvalue weighted by atomic mass is 9.93. The van der Waals surface area contributed by atoms with Crippen LogP contribution in [0.1, 0.15) is 42.7 Å². The van der Waals surface area contributed by atoms with E-state index in [2.05, 4.69) is 18.4 Å². The number of hydrogen-bond acceptors (Lipinski definition) is 6. The minimum absolute atomic E-state index is 0.0843. The van der Waals surface area contributed by atoms with Crippen LogP contribution in [-0.2, 0) is 21.2 Å². The predicted octanol–water partition coefficient (Wildman–Crippen LogP) is 3.46. The predicted molar refractivity (Wildman–Crippen MR) is 122 cm³/mol. The number of benzene rings is 1. The second-order valence-electron chi connectivity index (χ2n) is 8.59. The fourth-order valence-corrected chi connectivity index (χ4v) is 7.29. The van der Waals surface area contributed by atoms with E-state index < -0.39 is 10.0 Å². The number of piperidine rings is 1. The van der Waals surface area contributed by atoms with Crippen LogP contribution in [0.25, 0.3) is 0 Å². The van der Waals surface area contributed by atoms with Gasteiger partial charge in [0.1, 0.15) is 0 Å². The Hall–Kier alpha value is -2.10. The monoisotopic (exact) mass is 476 g/mol. The first-order valence-electron chi connectivity index (χ1n) is 11.2. The molecule has 0 spiro atoms. The van der Waals surface area contributed by atoms with Crippen molar-refractivity contribution >= 4 is 27.3 Å². The van der Waals surface area contributed by atoms with Crippen LogP contribution in [0.3, 0.4) is 0 Å². The van der Waals surface area contributed by atoms with Gasteiger partial charge in [-0.1, -0.05) is 0 Å². The van der Waals surface area contributed by atoms with Crippen molar-refractivity contribution in [3.63, 3.8) is 0 Å². The molecule has 9 heteroatoms. The summed E-state index contributed by atoms with van der Waals surface area (Å²) in [5.74, 6) is 1.07. The van der Waals surface area contributed by atoms with E-state index in [0.717, 1.165) is 19.4 Å². The molecule has 1 aromatic heterocycles. The van der Waals surface area contributed by atoms with Crippen molar-refractivity contribution < 1.29 is 22.7 Å². The van der Waals surface area contributed by atoms with Crippen LogP contribution < -0.4 is 9.47 Å². The molecule has 0 saturated carbocycles. The number of sulfonamides is 1. The van der Waals surface area contributed by atoms with Gasteiger partial charge in [0.15, 0.2) is 11.5 Å².